The monoisotopic (exact) mass is 176 g/mol. The van der Waals surface area contributed by atoms with Crippen LogP contribution in [0.1, 0.15) is 19.7 Å². The third-order valence-electron chi connectivity index (χ3n) is 1.76. The highest BCUT2D eigenvalue weighted by atomic mass is 16.1. The number of imidazole rings is 1. The average Bonchev–Trinajstić information content (AvgIpc) is 2.53. The first-order chi connectivity index (χ1) is 6.20. The summed E-state index contributed by atoms with van der Waals surface area (Å²) in [6.45, 7) is 7.39. The fourth-order valence-corrected chi connectivity index (χ4v) is 1.06. The van der Waals surface area contributed by atoms with E-state index in [1.165, 1.54) is 0 Å². The first kappa shape index (κ1) is 9.45. The van der Waals surface area contributed by atoms with Crippen molar-refractivity contribution in [3.8, 4) is 0 Å². The van der Waals surface area contributed by atoms with Crippen LogP contribution in [0.2, 0.25) is 0 Å². The zero-order valence-electron chi connectivity index (χ0n) is 7.82. The minimum absolute atomic E-state index is 0.616. The normalized spacial score (nSPS) is 9.38. The Bertz CT molecular complexity index is 357. The van der Waals surface area contributed by atoms with Crippen LogP contribution in [0, 0.1) is 0 Å². The van der Waals surface area contributed by atoms with Crippen molar-refractivity contribution in [3.63, 3.8) is 0 Å². The van der Waals surface area contributed by atoms with Crippen molar-refractivity contribution >= 4 is 18.1 Å². The molecule has 0 saturated carbocycles. The van der Waals surface area contributed by atoms with Gasteiger partial charge < -0.3 is 4.57 Å². The van der Waals surface area contributed by atoms with Crippen LogP contribution in [0.5, 0.6) is 0 Å². The topological polar surface area (TPSA) is 34.9 Å². The van der Waals surface area contributed by atoms with Gasteiger partial charge in [0.15, 0.2) is 6.29 Å². The minimum Gasteiger partial charge on any atom is -0.307 e. The Hall–Kier alpha value is -1.64. The van der Waals surface area contributed by atoms with Gasteiger partial charge in [0.25, 0.3) is 0 Å². The van der Waals surface area contributed by atoms with Gasteiger partial charge in [-0.3, -0.25) is 4.79 Å². The number of carbonyl (C=O) groups excluding carboxylic acids is 1. The second-order valence-electron chi connectivity index (χ2n) is 2.87. The molecule has 0 aliphatic rings. The SMILES string of the molecule is C=Cn1ccnc1C(C=O)=C(C)C. The maximum absolute atomic E-state index is 10.8. The van der Waals surface area contributed by atoms with Crippen molar-refractivity contribution in [2.45, 2.75) is 13.8 Å². The summed E-state index contributed by atoms with van der Waals surface area (Å²) in [5.74, 6) is 0.644. The second-order valence-corrected chi connectivity index (χ2v) is 2.87. The van der Waals surface area contributed by atoms with Crippen molar-refractivity contribution < 1.29 is 4.79 Å². The summed E-state index contributed by atoms with van der Waals surface area (Å²) in [6, 6.07) is 0. The minimum atomic E-state index is 0.616. The van der Waals surface area contributed by atoms with Gasteiger partial charge in [-0.1, -0.05) is 12.2 Å². The van der Waals surface area contributed by atoms with Crippen LogP contribution in [-0.4, -0.2) is 15.8 Å². The van der Waals surface area contributed by atoms with Crippen LogP contribution >= 0.6 is 0 Å². The number of rotatable bonds is 3. The summed E-state index contributed by atoms with van der Waals surface area (Å²) in [7, 11) is 0. The van der Waals surface area contributed by atoms with Crippen LogP contribution in [-0.2, 0) is 4.79 Å². The summed E-state index contributed by atoms with van der Waals surface area (Å²) in [5.41, 5.74) is 1.56. The van der Waals surface area contributed by atoms with Crippen LogP contribution in [0.4, 0.5) is 0 Å². The molecule has 1 heterocycles. The van der Waals surface area contributed by atoms with E-state index in [0.29, 0.717) is 11.4 Å². The highest BCUT2D eigenvalue weighted by molar-refractivity contribution is 6.06. The Morgan fingerprint density at radius 1 is 1.62 bits per heavy atom. The van der Waals surface area contributed by atoms with Gasteiger partial charge in [-0.15, -0.1) is 0 Å². The lowest BCUT2D eigenvalue weighted by Crippen LogP contribution is -1.97. The fraction of sp³-hybridized carbons (Fsp3) is 0.200. The second kappa shape index (κ2) is 3.85. The Labute approximate surface area is 77.4 Å². The lowest BCUT2D eigenvalue weighted by atomic mass is 10.1. The Morgan fingerprint density at radius 2 is 2.31 bits per heavy atom. The highest BCUT2D eigenvalue weighted by Gasteiger charge is 2.07. The zero-order valence-corrected chi connectivity index (χ0v) is 7.82. The number of hydrogen-bond acceptors (Lipinski definition) is 2. The van der Waals surface area contributed by atoms with E-state index in [1.807, 2.05) is 13.8 Å². The zero-order chi connectivity index (χ0) is 9.84. The van der Waals surface area contributed by atoms with Gasteiger partial charge >= 0.3 is 0 Å². The van der Waals surface area contributed by atoms with Gasteiger partial charge in [0.1, 0.15) is 5.82 Å². The first-order valence-corrected chi connectivity index (χ1v) is 3.99. The van der Waals surface area contributed by atoms with E-state index < -0.39 is 0 Å². The smallest absolute Gasteiger partial charge is 0.153 e. The standard InChI is InChI=1S/C10H12N2O/c1-4-12-6-5-11-10(12)9(7-13)8(2)3/h4-7H,1H2,2-3H3. The largest absolute Gasteiger partial charge is 0.307 e. The van der Waals surface area contributed by atoms with Gasteiger partial charge in [0.2, 0.25) is 0 Å². The third-order valence-corrected chi connectivity index (χ3v) is 1.76. The van der Waals surface area contributed by atoms with E-state index in [-0.39, 0.29) is 0 Å². The van der Waals surface area contributed by atoms with E-state index in [1.54, 1.807) is 23.2 Å². The summed E-state index contributed by atoms with van der Waals surface area (Å²) in [6.07, 6.45) is 5.84. The molecule has 0 fully saturated rings. The molecule has 0 aliphatic carbocycles. The molecule has 0 aromatic carbocycles. The molecule has 0 radical (unpaired) electrons. The molecule has 0 saturated heterocycles. The van der Waals surface area contributed by atoms with Gasteiger partial charge in [0.05, 0.1) is 5.57 Å². The Balaban J connectivity index is 3.27. The molecule has 0 amide bonds. The predicted molar refractivity (Wildman–Crippen MR) is 52.9 cm³/mol. The van der Waals surface area contributed by atoms with Crippen molar-refractivity contribution in [2.24, 2.45) is 0 Å². The molecule has 3 nitrogen and oxygen atoms in total. The van der Waals surface area contributed by atoms with Crippen molar-refractivity contribution in [1.29, 1.82) is 0 Å². The van der Waals surface area contributed by atoms with Crippen LogP contribution in [0.3, 0.4) is 0 Å². The molecule has 0 N–H and O–H groups in total. The van der Waals surface area contributed by atoms with Crippen molar-refractivity contribution in [3.05, 3.63) is 30.4 Å². The average molecular weight is 176 g/mol. The van der Waals surface area contributed by atoms with E-state index in [0.717, 1.165) is 11.9 Å². The van der Waals surface area contributed by atoms with Gasteiger partial charge in [0, 0.05) is 18.6 Å². The van der Waals surface area contributed by atoms with E-state index >= 15 is 0 Å². The maximum atomic E-state index is 10.8. The number of hydrogen-bond donors (Lipinski definition) is 0. The summed E-state index contributed by atoms with van der Waals surface area (Å²) >= 11 is 0. The molecular formula is C10H12N2O. The fourth-order valence-electron chi connectivity index (χ4n) is 1.06. The lowest BCUT2D eigenvalue weighted by molar-refractivity contribution is -0.103. The Kier molecular flexibility index (Phi) is 2.80. The molecule has 0 unspecified atom stereocenters. The molecule has 0 bridgehead atoms. The summed E-state index contributed by atoms with van der Waals surface area (Å²) < 4.78 is 1.72. The van der Waals surface area contributed by atoms with Crippen LogP contribution < -0.4 is 0 Å². The van der Waals surface area contributed by atoms with Crippen molar-refractivity contribution in [1.82, 2.24) is 9.55 Å². The molecular weight excluding hydrogens is 164 g/mol. The van der Waals surface area contributed by atoms with Crippen LogP contribution in [0.25, 0.3) is 11.8 Å². The number of aldehydes is 1. The predicted octanol–water partition coefficient (Wildman–Crippen LogP) is 1.98. The molecule has 0 spiro atoms. The molecule has 1 rings (SSSR count). The quantitative estimate of drug-likeness (QED) is 0.521. The van der Waals surface area contributed by atoms with E-state index in [9.17, 15) is 4.79 Å². The molecule has 0 aliphatic heterocycles. The highest BCUT2D eigenvalue weighted by Crippen LogP contribution is 2.14. The lowest BCUT2D eigenvalue weighted by Gasteiger charge is -2.02. The van der Waals surface area contributed by atoms with E-state index in [2.05, 4.69) is 11.6 Å². The summed E-state index contributed by atoms with van der Waals surface area (Å²) in [5, 5.41) is 0. The van der Waals surface area contributed by atoms with Gasteiger partial charge in [-0.25, -0.2) is 4.98 Å². The maximum Gasteiger partial charge on any atom is 0.153 e. The van der Waals surface area contributed by atoms with Crippen molar-refractivity contribution in [2.75, 3.05) is 0 Å². The molecule has 68 valence electrons. The molecule has 3 heteroatoms. The number of allylic oxidation sites excluding steroid dienone is 2. The van der Waals surface area contributed by atoms with E-state index in [4.69, 9.17) is 0 Å². The molecule has 0 atom stereocenters. The number of aromatic nitrogens is 2. The van der Waals surface area contributed by atoms with Gasteiger partial charge in [-0.2, -0.15) is 0 Å². The first-order valence-electron chi connectivity index (χ1n) is 3.99. The number of nitrogens with zero attached hydrogens (tertiary/aromatic N) is 2. The third kappa shape index (κ3) is 1.75. The number of carbonyl (C=O) groups is 1. The van der Waals surface area contributed by atoms with Gasteiger partial charge in [-0.05, 0) is 13.8 Å². The van der Waals surface area contributed by atoms with Crippen LogP contribution in [0.15, 0.2) is 24.5 Å². The molecule has 1 aromatic rings. The Morgan fingerprint density at radius 3 is 2.77 bits per heavy atom. The molecule has 13 heavy (non-hydrogen) atoms. The summed E-state index contributed by atoms with van der Waals surface area (Å²) in [4.78, 5) is 14.8. The molecule has 1 aromatic heterocycles.